The number of halogens is 5. The first kappa shape index (κ1) is 39.2. The molecule has 4 aliphatic rings. The van der Waals surface area contributed by atoms with Crippen molar-refractivity contribution in [1.29, 1.82) is 0 Å². The molecule has 292 valence electrons. The van der Waals surface area contributed by atoms with Crippen molar-refractivity contribution in [1.82, 2.24) is 10.2 Å². The maximum atomic E-state index is 15.2. The van der Waals surface area contributed by atoms with E-state index in [1.165, 1.54) is 48.8 Å². The second-order valence-corrected chi connectivity index (χ2v) is 16.1. The molecule has 2 bridgehead atoms. The van der Waals surface area contributed by atoms with Gasteiger partial charge in [0.1, 0.15) is 28.0 Å². The molecule has 4 aromatic rings. The summed E-state index contributed by atoms with van der Waals surface area (Å²) in [6.07, 6.45) is 5.85. The van der Waals surface area contributed by atoms with Crippen LogP contribution in [-0.4, -0.2) is 61.0 Å². The highest BCUT2D eigenvalue weighted by Crippen LogP contribution is 2.42. The smallest absolute Gasteiger partial charge is 0.387 e. The third kappa shape index (κ3) is 9.32. The van der Waals surface area contributed by atoms with Crippen molar-refractivity contribution < 1.29 is 52.0 Å². The van der Waals surface area contributed by atoms with Crippen LogP contribution in [0.3, 0.4) is 0 Å². The highest BCUT2D eigenvalue weighted by molar-refractivity contribution is 7.14. The van der Waals surface area contributed by atoms with E-state index in [1.807, 2.05) is 0 Å². The van der Waals surface area contributed by atoms with Crippen molar-refractivity contribution in [2.45, 2.75) is 63.3 Å². The molecule has 8 rings (SSSR count). The molecule has 55 heavy (non-hydrogen) atoms. The van der Waals surface area contributed by atoms with Gasteiger partial charge in [-0.05, 0) is 92.4 Å². The summed E-state index contributed by atoms with van der Waals surface area (Å²) < 4.78 is 59.4. The van der Waals surface area contributed by atoms with Crippen molar-refractivity contribution in [3.63, 3.8) is 0 Å². The molecule has 10 nitrogen and oxygen atoms in total. The molecule has 3 atom stereocenters. The van der Waals surface area contributed by atoms with Crippen LogP contribution < -0.4 is 24.6 Å². The average Bonchev–Trinajstić information content (AvgIpc) is 3.88. The first-order valence-corrected chi connectivity index (χ1v) is 19.5. The van der Waals surface area contributed by atoms with Gasteiger partial charge in [0.2, 0.25) is 12.4 Å². The van der Waals surface area contributed by atoms with E-state index in [0.29, 0.717) is 27.3 Å². The quantitative estimate of drug-likeness (QED) is 0.0761. The number of alkyl halides is 2. The number of thiophene rings is 1. The van der Waals surface area contributed by atoms with Gasteiger partial charge in [0.05, 0.1) is 17.5 Å². The van der Waals surface area contributed by atoms with Crippen molar-refractivity contribution >= 4 is 46.5 Å². The molecule has 1 unspecified atom stereocenters. The fourth-order valence-electron chi connectivity index (χ4n) is 7.34. The number of nitrogens with one attached hydrogen (secondary N) is 1. The number of carbonyl (C=O) groups is 2. The number of pyridine rings is 1. The SMILES string of the molecule is O=C([O-])c1sc(CNC(C(=O)O[C@H]2CN3CCC2CC3)c2ccccc2F)cc1[C@@H](Cc1c(Cl)c[n+](O)cc1Cl)c1ccc(OC(F)F)c(OCC2CC2)c1. The molecule has 4 fully saturated rings. The summed E-state index contributed by atoms with van der Waals surface area (Å²) in [6.45, 7) is -0.382. The minimum absolute atomic E-state index is 0.00323. The van der Waals surface area contributed by atoms with Gasteiger partial charge in [0, 0.05) is 39.7 Å². The summed E-state index contributed by atoms with van der Waals surface area (Å²) in [4.78, 5) is 29.1. The predicted molar refractivity (Wildman–Crippen MR) is 194 cm³/mol. The summed E-state index contributed by atoms with van der Waals surface area (Å²) >= 11 is 14.0. The number of carbonyl (C=O) groups excluding carboxylic acids is 2. The topological polar surface area (TPSA) is 124 Å². The zero-order valence-corrected chi connectivity index (χ0v) is 31.7. The molecule has 0 radical (unpaired) electrons. The first-order valence-electron chi connectivity index (χ1n) is 18.0. The molecule has 1 saturated carbocycles. The number of esters is 1. The number of piperidine rings is 3. The van der Waals surface area contributed by atoms with Gasteiger partial charge >= 0.3 is 12.6 Å². The fraction of sp³-hybridized carbons (Fsp3) is 0.410. The van der Waals surface area contributed by atoms with Crippen LogP contribution in [0, 0.1) is 17.7 Å². The molecule has 1 aliphatic carbocycles. The number of rotatable bonds is 16. The Hall–Kier alpha value is -4.08. The van der Waals surface area contributed by atoms with Gasteiger partial charge in [-0.1, -0.05) is 47.5 Å². The minimum Gasteiger partial charge on any atom is -0.544 e. The highest BCUT2D eigenvalue weighted by Gasteiger charge is 2.38. The zero-order chi connectivity index (χ0) is 38.8. The number of nitrogens with zero attached hydrogens (tertiary/aromatic N) is 2. The standard InChI is InChI=1S/C39H38Cl2F3N3O7S/c40-29-17-47(51)18-30(41)28(29)15-26(23-7-8-32(54-39(43)44)33(13-23)52-20-21-5-6-21)27-14-24(55-36(27)37(48)49)16-45-35(25-3-1-2-4-31(25)42)38(50)53-34-19-46-11-9-22(34)10-12-46/h1-4,7-8,13-14,17-18,21-22,26,34-35,39,45H,5-6,9-12,15-16,19-20H2,(H-,48,49,51)/t26-,34-,35?/m0/s1. The lowest BCUT2D eigenvalue weighted by Gasteiger charge is -2.44. The number of carboxylic acids is 1. The van der Waals surface area contributed by atoms with E-state index >= 15 is 4.39 Å². The molecule has 0 amide bonds. The number of aromatic nitrogens is 1. The van der Waals surface area contributed by atoms with Crippen LogP contribution in [0.1, 0.15) is 74.4 Å². The Morgan fingerprint density at radius 2 is 1.75 bits per heavy atom. The number of hydrogen-bond donors (Lipinski definition) is 2. The number of carboxylic acid groups (broad SMARTS) is 1. The van der Waals surface area contributed by atoms with E-state index in [2.05, 4.69) is 10.2 Å². The summed E-state index contributed by atoms with van der Waals surface area (Å²) in [5.41, 5.74) is 1.20. The Morgan fingerprint density at radius 3 is 2.38 bits per heavy atom. The van der Waals surface area contributed by atoms with Gasteiger partial charge in [0.15, 0.2) is 11.5 Å². The number of benzene rings is 2. The molecule has 2 N–H and O–H groups in total. The largest absolute Gasteiger partial charge is 0.544 e. The van der Waals surface area contributed by atoms with Crippen molar-refractivity contribution in [2.24, 2.45) is 11.8 Å². The van der Waals surface area contributed by atoms with E-state index in [1.54, 1.807) is 12.1 Å². The van der Waals surface area contributed by atoms with Crippen LogP contribution in [0.25, 0.3) is 0 Å². The molecule has 3 saturated heterocycles. The molecule has 5 heterocycles. The third-order valence-electron chi connectivity index (χ3n) is 10.4. The average molecular weight is 821 g/mol. The number of hydrogen-bond acceptors (Lipinski definition) is 10. The predicted octanol–water partition coefficient (Wildman–Crippen LogP) is 6.32. The minimum atomic E-state index is -3.12. The van der Waals surface area contributed by atoms with Crippen LogP contribution >= 0.6 is 34.5 Å². The van der Waals surface area contributed by atoms with Crippen LogP contribution in [0.5, 0.6) is 11.5 Å². The van der Waals surface area contributed by atoms with E-state index < -0.39 is 36.3 Å². The Balaban J connectivity index is 1.23. The lowest BCUT2D eigenvalue weighted by Crippen LogP contribution is -2.52. The van der Waals surface area contributed by atoms with Crippen LogP contribution in [-0.2, 0) is 22.5 Å². The van der Waals surface area contributed by atoms with E-state index in [9.17, 15) is 28.7 Å². The number of fused-ring (bicyclic) bond motifs is 3. The Morgan fingerprint density at radius 1 is 1.02 bits per heavy atom. The second-order valence-electron chi connectivity index (χ2n) is 14.1. The zero-order valence-electron chi connectivity index (χ0n) is 29.4. The first-order chi connectivity index (χ1) is 26.4. The molecule has 16 heteroatoms. The number of aromatic carboxylic acids is 1. The third-order valence-corrected chi connectivity index (χ3v) is 12.2. The molecule has 2 aromatic heterocycles. The van der Waals surface area contributed by atoms with Gasteiger partial charge in [0.25, 0.3) is 0 Å². The molecular formula is C39H38Cl2F3N3O7S. The van der Waals surface area contributed by atoms with E-state index in [4.69, 9.17) is 37.4 Å². The maximum absolute atomic E-state index is 15.2. The van der Waals surface area contributed by atoms with Crippen LogP contribution in [0.2, 0.25) is 10.0 Å². The Labute approximate surface area is 329 Å². The van der Waals surface area contributed by atoms with Crippen molar-refractivity contribution in [3.05, 3.63) is 109 Å². The van der Waals surface area contributed by atoms with Crippen LogP contribution in [0.15, 0.2) is 60.9 Å². The maximum Gasteiger partial charge on any atom is 0.387 e. The van der Waals surface area contributed by atoms with Gasteiger partial charge in [-0.3, -0.25) is 15.4 Å². The Kier molecular flexibility index (Phi) is 12.1. The van der Waals surface area contributed by atoms with Gasteiger partial charge in [-0.15, -0.1) is 11.3 Å². The number of ether oxygens (including phenoxy) is 3. The molecule has 0 spiro atoms. The van der Waals surface area contributed by atoms with Gasteiger partial charge in [-0.25, -0.2) is 9.18 Å². The second kappa shape index (κ2) is 17.0. The summed E-state index contributed by atoms with van der Waals surface area (Å²) in [5.74, 6) is -3.18. The van der Waals surface area contributed by atoms with E-state index in [0.717, 1.165) is 50.1 Å². The highest BCUT2D eigenvalue weighted by atomic mass is 35.5. The molecule has 3 aliphatic heterocycles. The van der Waals surface area contributed by atoms with Crippen molar-refractivity contribution in [3.8, 4) is 11.5 Å². The monoisotopic (exact) mass is 819 g/mol. The van der Waals surface area contributed by atoms with Crippen LogP contribution in [0.4, 0.5) is 13.2 Å². The molecule has 2 aromatic carbocycles. The van der Waals surface area contributed by atoms with Gasteiger partial charge in [-0.2, -0.15) is 8.78 Å². The van der Waals surface area contributed by atoms with Crippen molar-refractivity contribution in [2.75, 3.05) is 26.2 Å². The van der Waals surface area contributed by atoms with E-state index in [-0.39, 0.29) is 75.1 Å². The lowest BCUT2D eigenvalue weighted by molar-refractivity contribution is -0.904. The Bertz CT molecular complexity index is 2020. The summed E-state index contributed by atoms with van der Waals surface area (Å²) in [6, 6.07) is 10.7. The normalized spacial score (nSPS) is 20.3. The fourth-order valence-corrected chi connectivity index (χ4v) is 8.96. The van der Waals surface area contributed by atoms with Gasteiger partial charge < -0.3 is 24.1 Å². The molecular weight excluding hydrogens is 782 g/mol. The summed E-state index contributed by atoms with van der Waals surface area (Å²) in [5, 5.41) is 26.1. The summed E-state index contributed by atoms with van der Waals surface area (Å²) in [7, 11) is 0. The lowest BCUT2D eigenvalue weighted by atomic mass is 9.85.